The normalized spacial score (nSPS) is 15.4. The summed E-state index contributed by atoms with van der Waals surface area (Å²) in [6.45, 7) is 3.74. The third-order valence-corrected chi connectivity index (χ3v) is 5.26. The Morgan fingerprint density at radius 2 is 1.84 bits per heavy atom. The predicted molar refractivity (Wildman–Crippen MR) is 108 cm³/mol. The Kier molecular flexibility index (Phi) is 5.89. The fourth-order valence-corrected chi connectivity index (χ4v) is 3.57. The number of rotatable bonds is 6. The van der Waals surface area contributed by atoms with Crippen molar-refractivity contribution in [1.82, 2.24) is 9.88 Å². The maximum atomic E-state index is 10.6. The molecule has 134 valence electrons. The molecule has 1 fully saturated rings. The van der Waals surface area contributed by atoms with E-state index in [1.54, 1.807) is 0 Å². The lowest BCUT2D eigenvalue weighted by molar-refractivity contribution is -0.389. The van der Waals surface area contributed by atoms with Gasteiger partial charge < -0.3 is 15.0 Å². The first kappa shape index (κ1) is 18.1. The fraction of sp³-hybridized carbons (Fsp3) is 0.357. The molecule has 0 unspecified atom stereocenters. The van der Waals surface area contributed by atoms with Gasteiger partial charge >= 0.3 is 10.9 Å². The molecule has 1 aromatic carbocycles. The Morgan fingerprint density at radius 1 is 1.16 bits per heavy atom. The molecule has 0 radical (unpaired) electrons. The number of thiazole rings is 1. The minimum Gasteiger partial charge on any atom is -0.369 e. The van der Waals surface area contributed by atoms with Gasteiger partial charge in [0.25, 0.3) is 0 Å². The standard InChI is InChI=1S/C14H18N6O2S3/c21-20(22)12-9-25-13(15-12)17-16-10-1-3-11(4-2-10)18-5-7-19(8-6-18)14(23)24/h1-4,9,14,16,23-24H,5-8H2,(H,15,17). The molecule has 2 heterocycles. The van der Waals surface area contributed by atoms with Gasteiger partial charge in [-0.25, -0.2) is 0 Å². The zero-order valence-electron chi connectivity index (χ0n) is 13.2. The summed E-state index contributed by atoms with van der Waals surface area (Å²) in [4.78, 5) is 18.5. The summed E-state index contributed by atoms with van der Waals surface area (Å²) in [7, 11) is 0. The van der Waals surface area contributed by atoms with Crippen LogP contribution in [-0.2, 0) is 0 Å². The molecule has 2 N–H and O–H groups in total. The van der Waals surface area contributed by atoms with Crippen LogP contribution in [0.1, 0.15) is 0 Å². The second-order valence-electron chi connectivity index (χ2n) is 5.43. The first-order valence-electron chi connectivity index (χ1n) is 7.60. The topological polar surface area (TPSA) is 86.6 Å². The van der Waals surface area contributed by atoms with Crippen molar-refractivity contribution in [2.75, 3.05) is 41.9 Å². The molecule has 2 aromatic rings. The lowest BCUT2D eigenvalue weighted by Crippen LogP contribution is -2.47. The molecule has 0 bridgehead atoms. The van der Waals surface area contributed by atoms with Crippen molar-refractivity contribution >= 4 is 58.9 Å². The quantitative estimate of drug-likeness (QED) is 0.258. The number of thiol groups is 2. The minimum absolute atomic E-state index is 0.0125. The van der Waals surface area contributed by atoms with E-state index < -0.39 is 4.92 Å². The van der Waals surface area contributed by atoms with Crippen LogP contribution < -0.4 is 15.8 Å². The van der Waals surface area contributed by atoms with Gasteiger partial charge in [-0.2, -0.15) is 0 Å². The molecule has 0 spiro atoms. The molecule has 0 atom stereocenters. The lowest BCUT2D eigenvalue weighted by Gasteiger charge is -2.37. The number of nitrogens with one attached hydrogen (secondary N) is 2. The van der Waals surface area contributed by atoms with Gasteiger partial charge in [0.05, 0.1) is 15.8 Å². The predicted octanol–water partition coefficient (Wildman–Crippen LogP) is 2.76. The highest BCUT2D eigenvalue weighted by molar-refractivity contribution is 7.99. The Bertz CT molecular complexity index is 716. The summed E-state index contributed by atoms with van der Waals surface area (Å²) in [6, 6.07) is 8.00. The summed E-state index contributed by atoms with van der Waals surface area (Å²) in [5.74, 6) is -0.159. The molecule has 1 aliphatic rings. The molecule has 1 aliphatic heterocycles. The van der Waals surface area contributed by atoms with Crippen molar-refractivity contribution < 1.29 is 4.92 Å². The number of nitrogens with zero attached hydrogens (tertiary/aromatic N) is 4. The first-order valence-corrected chi connectivity index (χ1v) is 9.51. The summed E-state index contributed by atoms with van der Waals surface area (Å²) >= 11 is 9.88. The van der Waals surface area contributed by atoms with Crippen LogP contribution in [0.5, 0.6) is 0 Å². The first-order chi connectivity index (χ1) is 12.0. The average Bonchev–Trinajstić information content (AvgIpc) is 3.10. The van der Waals surface area contributed by atoms with Crippen molar-refractivity contribution in [2.24, 2.45) is 0 Å². The number of hydrogen-bond donors (Lipinski definition) is 4. The van der Waals surface area contributed by atoms with Gasteiger partial charge in [-0.05, 0) is 34.2 Å². The Balaban J connectivity index is 1.53. The van der Waals surface area contributed by atoms with Crippen LogP contribution in [0.25, 0.3) is 0 Å². The van der Waals surface area contributed by atoms with Crippen molar-refractivity contribution in [2.45, 2.75) is 4.71 Å². The van der Waals surface area contributed by atoms with Crippen molar-refractivity contribution in [1.29, 1.82) is 0 Å². The molecule has 0 amide bonds. The van der Waals surface area contributed by atoms with E-state index in [2.05, 4.69) is 50.9 Å². The van der Waals surface area contributed by atoms with Gasteiger partial charge in [0.2, 0.25) is 0 Å². The van der Waals surface area contributed by atoms with Crippen LogP contribution in [-0.4, -0.2) is 45.7 Å². The molecule has 1 aromatic heterocycles. The van der Waals surface area contributed by atoms with E-state index in [1.165, 1.54) is 16.7 Å². The lowest BCUT2D eigenvalue weighted by atomic mass is 10.2. The molecule has 1 saturated heterocycles. The third kappa shape index (κ3) is 4.69. The zero-order chi connectivity index (χ0) is 17.8. The van der Waals surface area contributed by atoms with Crippen molar-refractivity contribution in [3.63, 3.8) is 0 Å². The molecular formula is C14H18N6O2S3. The SMILES string of the molecule is O=[N+]([O-])c1csc(NNc2ccc(N3CCN(C(S)S)CC3)cc2)n1. The summed E-state index contributed by atoms with van der Waals surface area (Å²) in [5.41, 5.74) is 7.87. The van der Waals surface area contributed by atoms with Crippen LogP contribution in [0.15, 0.2) is 29.6 Å². The number of hydrazine groups is 1. The van der Waals surface area contributed by atoms with E-state index in [-0.39, 0.29) is 10.5 Å². The number of hydrogen-bond acceptors (Lipinski definition) is 10. The van der Waals surface area contributed by atoms with Crippen molar-refractivity contribution in [3.8, 4) is 0 Å². The highest BCUT2D eigenvalue weighted by Gasteiger charge is 2.19. The Labute approximate surface area is 160 Å². The summed E-state index contributed by atoms with van der Waals surface area (Å²) in [6.07, 6.45) is 0. The summed E-state index contributed by atoms with van der Waals surface area (Å²) < 4.78 is -0.0125. The van der Waals surface area contributed by atoms with E-state index in [9.17, 15) is 10.1 Å². The van der Waals surface area contributed by atoms with Crippen LogP contribution in [0, 0.1) is 10.1 Å². The van der Waals surface area contributed by atoms with Gasteiger partial charge in [-0.3, -0.25) is 15.8 Å². The van der Waals surface area contributed by atoms with E-state index in [4.69, 9.17) is 0 Å². The number of benzene rings is 1. The zero-order valence-corrected chi connectivity index (χ0v) is 15.8. The Hall–Kier alpha value is -1.69. The van der Waals surface area contributed by atoms with Gasteiger partial charge in [-0.1, -0.05) is 11.3 Å². The van der Waals surface area contributed by atoms with Gasteiger partial charge in [-0.15, -0.1) is 25.3 Å². The van der Waals surface area contributed by atoms with Crippen molar-refractivity contribution in [3.05, 3.63) is 39.8 Å². The maximum absolute atomic E-state index is 10.6. The largest absolute Gasteiger partial charge is 0.377 e. The highest BCUT2D eigenvalue weighted by Crippen LogP contribution is 2.23. The van der Waals surface area contributed by atoms with E-state index in [1.807, 2.05) is 24.3 Å². The van der Waals surface area contributed by atoms with Crippen LogP contribution in [0.4, 0.5) is 22.3 Å². The van der Waals surface area contributed by atoms with E-state index >= 15 is 0 Å². The monoisotopic (exact) mass is 398 g/mol. The van der Waals surface area contributed by atoms with E-state index in [0.29, 0.717) is 5.13 Å². The smallest absolute Gasteiger partial charge is 0.369 e. The minimum atomic E-state index is -0.514. The van der Waals surface area contributed by atoms with Gasteiger partial charge in [0, 0.05) is 31.9 Å². The van der Waals surface area contributed by atoms with E-state index in [0.717, 1.165) is 37.6 Å². The molecular weight excluding hydrogens is 380 g/mol. The maximum Gasteiger partial charge on any atom is 0.377 e. The molecule has 0 aliphatic carbocycles. The van der Waals surface area contributed by atoms with Gasteiger partial charge in [0.1, 0.15) is 0 Å². The molecule has 25 heavy (non-hydrogen) atoms. The second kappa shape index (κ2) is 8.13. The number of nitro groups is 1. The molecule has 11 heteroatoms. The molecule has 0 saturated carbocycles. The number of piperazine rings is 1. The van der Waals surface area contributed by atoms with Crippen LogP contribution in [0.3, 0.4) is 0 Å². The Morgan fingerprint density at radius 3 is 2.40 bits per heavy atom. The average molecular weight is 399 g/mol. The second-order valence-corrected chi connectivity index (χ2v) is 7.68. The highest BCUT2D eigenvalue weighted by atomic mass is 32.2. The fourth-order valence-electron chi connectivity index (χ4n) is 2.50. The number of anilines is 3. The van der Waals surface area contributed by atoms with Crippen LogP contribution in [0.2, 0.25) is 0 Å². The molecule has 8 nitrogen and oxygen atoms in total. The third-order valence-electron chi connectivity index (χ3n) is 3.87. The number of aromatic nitrogens is 1. The van der Waals surface area contributed by atoms with Gasteiger partial charge in [0.15, 0.2) is 0 Å². The summed E-state index contributed by atoms with van der Waals surface area (Å²) in [5, 5.41) is 12.5. The van der Waals surface area contributed by atoms with Crippen LogP contribution >= 0.6 is 36.6 Å². The molecule has 3 rings (SSSR count).